The van der Waals surface area contributed by atoms with Crippen LogP contribution in [0.2, 0.25) is 0 Å². The highest BCUT2D eigenvalue weighted by Gasteiger charge is 2.39. The van der Waals surface area contributed by atoms with E-state index in [-0.39, 0.29) is 10.5 Å². The number of hydrogen-bond acceptors (Lipinski definition) is 5. The third-order valence-electron chi connectivity index (χ3n) is 3.33. The van der Waals surface area contributed by atoms with Gasteiger partial charge in [-0.1, -0.05) is 11.3 Å². The van der Waals surface area contributed by atoms with E-state index in [0.29, 0.717) is 5.01 Å². The summed E-state index contributed by atoms with van der Waals surface area (Å²) in [5.74, 6) is 0. The van der Waals surface area contributed by atoms with Crippen LogP contribution in [0.5, 0.6) is 0 Å². The van der Waals surface area contributed by atoms with E-state index in [0.717, 1.165) is 32.9 Å². The minimum absolute atomic E-state index is 0.229. The molecule has 0 aliphatic heterocycles. The highest BCUT2D eigenvalue weighted by atomic mass is 32.1. The molecule has 0 aliphatic carbocycles. The van der Waals surface area contributed by atoms with Crippen LogP contribution in [0, 0.1) is 6.92 Å². The van der Waals surface area contributed by atoms with Crippen LogP contribution in [0.3, 0.4) is 0 Å². The van der Waals surface area contributed by atoms with Gasteiger partial charge in [0.05, 0.1) is 18.2 Å². The molecule has 0 fully saturated rings. The van der Waals surface area contributed by atoms with E-state index < -0.39 is 42.1 Å². The lowest BCUT2D eigenvalue weighted by atomic mass is 10.1. The Morgan fingerprint density at radius 3 is 2.50 bits per heavy atom. The van der Waals surface area contributed by atoms with Crippen LogP contribution in [0.25, 0.3) is 16.1 Å². The lowest BCUT2D eigenvalue weighted by molar-refractivity contribution is -0.140. The predicted octanol–water partition coefficient (Wildman–Crippen LogP) is 3.29. The summed E-state index contributed by atoms with van der Waals surface area (Å²) in [5, 5.41) is 7.75. The third kappa shape index (κ3) is 3.57. The second kappa shape index (κ2) is 6.07. The summed E-state index contributed by atoms with van der Waals surface area (Å²) < 4.78 is 78.4. The third-order valence-corrected chi connectivity index (χ3v) is 4.15. The average Bonchev–Trinajstić information content (AvgIpc) is 3.09. The van der Waals surface area contributed by atoms with Crippen molar-refractivity contribution in [1.82, 2.24) is 24.4 Å². The van der Waals surface area contributed by atoms with Crippen molar-refractivity contribution < 1.29 is 26.3 Å². The van der Waals surface area contributed by atoms with Crippen LogP contribution in [0.15, 0.2) is 17.2 Å². The number of halogens is 6. The van der Waals surface area contributed by atoms with E-state index in [1.54, 1.807) is 0 Å². The SMILES string of the molecule is Cc1nn2c(=O)c(-c3cnn(CCC(F)(F)F)c3)c(C(F)(F)F)nc2s1. The molecule has 3 aromatic heterocycles. The first kappa shape index (κ1) is 18.4. The molecule has 140 valence electrons. The van der Waals surface area contributed by atoms with Gasteiger partial charge in [0.25, 0.3) is 5.56 Å². The molecule has 0 bridgehead atoms. The first-order valence-electron chi connectivity index (χ1n) is 7.03. The van der Waals surface area contributed by atoms with Gasteiger partial charge >= 0.3 is 12.4 Å². The Kier molecular flexibility index (Phi) is 4.29. The summed E-state index contributed by atoms with van der Waals surface area (Å²) in [5.41, 5.74) is -3.58. The monoisotopic (exact) mass is 397 g/mol. The molecule has 3 heterocycles. The van der Waals surface area contributed by atoms with Gasteiger partial charge in [0.15, 0.2) is 5.69 Å². The quantitative estimate of drug-likeness (QED) is 0.637. The Morgan fingerprint density at radius 2 is 1.88 bits per heavy atom. The number of aromatic nitrogens is 5. The number of aryl methyl sites for hydroxylation is 2. The molecule has 26 heavy (non-hydrogen) atoms. The van der Waals surface area contributed by atoms with Gasteiger partial charge in [-0.15, -0.1) is 0 Å². The molecule has 0 aromatic carbocycles. The van der Waals surface area contributed by atoms with Gasteiger partial charge < -0.3 is 0 Å². The molecule has 0 amide bonds. The second-order valence-electron chi connectivity index (χ2n) is 5.31. The van der Waals surface area contributed by atoms with Crippen LogP contribution < -0.4 is 5.56 Å². The summed E-state index contributed by atoms with van der Waals surface area (Å²) in [6.07, 6.45) is -8.74. The first-order valence-corrected chi connectivity index (χ1v) is 7.84. The van der Waals surface area contributed by atoms with E-state index in [1.807, 2.05) is 0 Å². The fourth-order valence-corrected chi connectivity index (χ4v) is 3.00. The number of nitrogens with zero attached hydrogens (tertiary/aromatic N) is 5. The average molecular weight is 397 g/mol. The van der Waals surface area contributed by atoms with Crippen LogP contribution >= 0.6 is 11.3 Å². The topological polar surface area (TPSA) is 65.1 Å². The maximum absolute atomic E-state index is 13.4. The van der Waals surface area contributed by atoms with E-state index >= 15 is 0 Å². The molecule has 0 aliphatic rings. The fourth-order valence-electron chi connectivity index (χ4n) is 2.26. The molecule has 0 radical (unpaired) electrons. The van der Waals surface area contributed by atoms with Crippen LogP contribution in [-0.2, 0) is 12.7 Å². The van der Waals surface area contributed by atoms with Gasteiger partial charge in [0, 0.05) is 18.3 Å². The van der Waals surface area contributed by atoms with Crippen molar-refractivity contribution in [3.05, 3.63) is 33.4 Å². The zero-order valence-corrected chi connectivity index (χ0v) is 13.7. The molecular formula is C13H9F6N5OS. The van der Waals surface area contributed by atoms with Crippen molar-refractivity contribution >= 4 is 16.3 Å². The number of hydrogen-bond donors (Lipinski definition) is 0. The van der Waals surface area contributed by atoms with Crippen LogP contribution in [-0.4, -0.2) is 30.6 Å². The van der Waals surface area contributed by atoms with E-state index in [2.05, 4.69) is 15.2 Å². The molecule has 3 rings (SSSR count). The normalized spacial score (nSPS) is 12.9. The molecular weight excluding hydrogens is 388 g/mol. The van der Waals surface area contributed by atoms with E-state index in [1.165, 1.54) is 6.92 Å². The lowest BCUT2D eigenvalue weighted by Gasteiger charge is -2.10. The lowest BCUT2D eigenvalue weighted by Crippen LogP contribution is -2.24. The molecule has 6 nitrogen and oxygen atoms in total. The molecule has 0 saturated carbocycles. The molecule has 13 heteroatoms. The fraction of sp³-hybridized carbons (Fsp3) is 0.385. The van der Waals surface area contributed by atoms with Crippen LogP contribution in [0.1, 0.15) is 17.1 Å². The minimum atomic E-state index is -4.94. The Morgan fingerprint density at radius 1 is 1.19 bits per heavy atom. The Bertz CT molecular complexity index is 1010. The van der Waals surface area contributed by atoms with E-state index in [9.17, 15) is 31.1 Å². The largest absolute Gasteiger partial charge is 0.434 e. The molecule has 3 aromatic rings. The highest BCUT2D eigenvalue weighted by molar-refractivity contribution is 7.16. The summed E-state index contributed by atoms with van der Waals surface area (Å²) in [6, 6.07) is 0. The predicted molar refractivity (Wildman–Crippen MR) is 78.8 cm³/mol. The van der Waals surface area contributed by atoms with Crippen LogP contribution in [0.4, 0.5) is 26.3 Å². The van der Waals surface area contributed by atoms with Crippen molar-refractivity contribution in [2.75, 3.05) is 0 Å². The molecule has 0 N–H and O–H groups in total. The maximum Gasteiger partial charge on any atom is 0.434 e. The Balaban J connectivity index is 2.13. The summed E-state index contributed by atoms with van der Waals surface area (Å²) in [4.78, 5) is 15.7. The number of rotatable bonds is 3. The van der Waals surface area contributed by atoms with E-state index in [4.69, 9.17) is 0 Å². The second-order valence-corrected chi connectivity index (χ2v) is 6.47. The zero-order valence-electron chi connectivity index (χ0n) is 12.9. The Hall–Kier alpha value is -2.44. The van der Waals surface area contributed by atoms with Gasteiger partial charge in [-0.3, -0.25) is 9.48 Å². The van der Waals surface area contributed by atoms with Crippen molar-refractivity contribution in [3.8, 4) is 11.1 Å². The summed E-state index contributed by atoms with van der Waals surface area (Å²) in [7, 11) is 0. The molecule has 0 unspecified atom stereocenters. The Labute approximate surface area is 144 Å². The summed E-state index contributed by atoms with van der Waals surface area (Å²) in [6.45, 7) is 0.915. The molecule has 0 atom stereocenters. The number of alkyl halides is 6. The van der Waals surface area contributed by atoms with Gasteiger partial charge in [-0.05, 0) is 6.92 Å². The van der Waals surface area contributed by atoms with Gasteiger partial charge in [0.1, 0.15) is 5.01 Å². The highest BCUT2D eigenvalue weighted by Crippen LogP contribution is 2.34. The van der Waals surface area contributed by atoms with Gasteiger partial charge in [0.2, 0.25) is 4.96 Å². The summed E-state index contributed by atoms with van der Waals surface area (Å²) >= 11 is 0.811. The standard InChI is InChI=1S/C13H9F6N5OS/c1-6-22-24-10(25)8(9(13(17,18)19)21-11(24)26-6)7-4-20-23(5-7)3-2-12(14,15)16/h4-5H,2-3H2,1H3. The van der Waals surface area contributed by atoms with Crippen molar-refractivity contribution in [2.24, 2.45) is 0 Å². The van der Waals surface area contributed by atoms with Gasteiger partial charge in [-0.2, -0.15) is 41.1 Å². The maximum atomic E-state index is 13.4. The molecule has 0 spiro atoms. The van der Waals surface area contributed by atoms with Gasteiger partial charge in [-0.25, -0.2) is 4.98 Å². The van der Waals surface area contributed by atoms with Crippen molar-refractivity contribution in [1.29, 1.82) is 0 Å². The van der Waals surface area contributed by atoms with Crippen molar-refractivity contribution in [2.45, 2.75) is 32.2 Å². The molecule has 0 saturated heterocycles. The number of fused-ring (bicyclic) bond motifs is 1. The minimum Gasteiger partial charge on any atom is -0.272 e. The van der Waals surface area contributed by atoms with Crippen molar-refractivity contribution in [3.63, 3.8) is 0 Å². The smallest absolute Gasteiger partial charge is 0.272 e. The zero-order chi connectivity index (χ0) is 19.3. The first-order chi connectivity index (χ1) is 12.0.